The predicted molar refractivity (Wildman–Crippen MR) is 285 cm³/mol. The average molecular weight is 949 g/mol. The molecular formula is C60H45ISi2. The Morgan fingerprint density at radius 3 is 0.905 bits per heavy atom. The molecule has 9 aromatic carbocycles. The fourth-order valence-electron chi connectivity index (χ4n) is 8.10. The molecule has 0 aliphatic carbocycles. The van der Waals surface area contributed by atoms with E-state index < -0.39 is 16.1 Å². The van der Waals surface area contributed by atoms with Crippen molar-refractivity contribution in [3.8, 4) is 68.9 Å². The maximum absolute atomic E-state index is 3.66. The first-order chi connectivity index (χ1) is 30.4. The Balaban J connectivity index is 1.20. The van der Waals surface area contributed by atoms with Crippen molar-refractivity contribution in [1.29, 1.82) is 0 Å². The number of fused-ring (bicyclic) bond motifs is 4. The van der Waals surface area contributed by atoms with Crippen LogP contribution in [-0.2, 0) is 0 Å². The van der Waals surface area contributed by atoms with Crippen LogP contribution in [0.25, 0.3) is 65.3 Å². The molecule has 0 radical (unpaired) electrons. The van der Waals surface area contributed by atoms with Crippen LogP contribution in [0.1, 0.15) is 33.4 Å². The van der Waals surface area contributed by atoms with Gasteiger partial charge in [-0.2, -0.15) is 0 Å². The lowest BCUT2D eigenvalue weighted by Crippen LogP contribution is -2.16. The summed E-state index contributed by atoms with van der Waals surface area (Å²) in [6, 6.07) is 58.4. The van der Waals surface area contributed by atoms with Crippen molar-refractivity contribution in [2.24, 2.45) is 0 Å². The summed E-state index contributed by atoms with van der Waals surface area (Å²) in [5, 5.41) is 9.41. The molecule has 300 valence electrons. The van der Waals surface area contributed by atoms with Crippen molar-refractivity contribution < 1.29 is 0 Å². The molecule has 0 N–H and O–H groups in total. The van der Waals surface area contributed by atoms with Gasteiger partial charge in [0.15, 0.2) is 0 Å². The van der Waals surface area contributed by atoms with E-state index in [0.29, 0.717) is 0 Å². The Kier molecular flexibility index (Phi) is 11.5. The largest absolute Gasteiger partial charge is 0.129 e. The van der Waals surface area contributed by atoms with Gasteiger partial charge in [0.25, 0.3) is 0 Å². The van der Waals surface area contributed by atoms with Crippen LogP contribution in [0.15, 0.2) is 164 Å². The van der Waals surface area contributed by atoms with Gasteiger partial charge in [-0.3, -0.25) is 0 Å². The van der Waals surface area contributed by atoms with E-state index in [1.165, 1.54) is 32.3 Å². The highest BCUT2D eigenvalue weighted by Gasteiger charge is 2.19. The van der Waals surface area contributed by atoms with Crippen molar-refractivity contribution in [3.63, 3.8) is 0 Å². The summed E-state index contributed by atoms with van der Waals surface area (Å²) >= 11 is 2.39. The van der Waals surface area contributed by atoms with E-state index in [1.54, 1.807) is 0 Å². The van der Waals surface area contributed by atoms with Crippen LogP contribution >= 0.6 is 22.6 Å². The molecule has 9 rings (SSSR count). The van der Waals surface area contributed by atoms with Gasteiger partial charge in [-0.1, -0.05) is 196 Å². The first-order valence-corrected chi connectivity index (χ1v) is 29.5. The molecule has 63 heavy (non-hydrogen) atoms. The van der Waals surface area contributed by atoms with Gasteiger partial charge in [0, 0.05) is 59.2 Å². The molecule has 0 atom stereocenters. The maximum atomic E-state index is 3.66. The molecule has 0 heterocycles. The van der Waals surface area contributed by atoms with Crippen LogP contribution in [-0.4, -0.2) is 16.1 Å². The van der Waals surface area contributed by atoms with E-state index in [4.69, 9.17) is 0 Å². The highest BCUT2D eigenvalue weighted by atomic mass is 127. The van der Waals surface area contributed by atoms with Gasteiger partial charge in [-0.25, -0.2) is 0 Å². The third-order valence-electron chi connectivity index (χ3n) is 10.9. The number of hydrogen-bond donors (Lipinski definition) is 0. The smallest absolute Gasteiger partial charge is 0.127 e. The van der Waals surface area contributed by atoms with Crippen molar-refractivity contribution in [3.05, 3.63) is 201 Å². The minimum atomic E-state index is -1.66. The van der Waals surface area contributed by atoms with Crippen molar-refractivity contribution in [1.82, 2.24) is 0 Å². The van der Waals surface area contributed by atoms with E-state index >= 15 is 0 Å². The average Bonchev–Trinajstić information content (AvgIpc) is 3.27. The van der Waals surface area contributed by atoms with Gasteiger partial charge in [0.2, 0.25) is 0 Å². The third kappa shape index (κ3) is 9.16. The molecule has 9 aromatic rings. The highest BCUT2D eigenvalue weighted by molar-refractivity contribution is 14.1. The zero-order valence-corrected chi connectivity index (χ0v) is 40.6. The SMILES string of the molecule is C[Si](C)(C)C#Cc1ccc2ccccc2c1-c1c(C#Cc2cc(I)cc(C#Cc3ccc4ccccc4c3-c3c(C#C[Si](C)(C)C)ccc4ccccc34)c2)ccc2ccccc12. The molecule has 0 spiro atoms. The number of halogens is 1. The standard InChI is InChI=1S/C60H45ISi2/c1-62(2,3)37-35-50-33-29-46-17-9-13-21-55(46)59(50)57-48(31-27-44-15-7-11-19-53(44)57)25-23-42-39-43(41-52(61)40-42)24-26-49-32-28-45-16-8-12-20-54(45)58(49)60-51(36-38-63(4,5)6)34-30-47-18-10-14-22-56(47)60/h7-22,27-34,39-41H,1-6H3. The molecule has 3 heteroatoms. The fraction of sp³-hybridized carbons (Fsp3) is 0.100. The fourth-order valence-corrected chi connectivity index (χ4v) is 9.79. The predicted octanol–water partition coefficient (Wildman–Crippen LogP) is 15.5. The van der Waals surface area contributed by atoms with Gasteiger partial charge in [-0.15, -0.1) is 11.1 Å². The number of benzene rings is 9. The molecule has 0 unspecified atom stereocenters. The van der Waals surface area contributed by atoms with Gasteiger partial charge < -0.3 is 0 Å². The minimum Gasteiger partial charge on any atom is -0.127 e. The lowest BCUT2D eigenvalue weighted by atomic mass is 9.87. The molecule has 0 aliphatic heterocycles. The zero-order valence-electron chi connectivity index (χ0n) is 36.5. The van der Waals surface area contributed by atoms with Crippen molar-refractivity contribution >= 4 is 81.8 Å². The van der Waals surface area contributed by atoms with E-state index in [2.05, 4.69) is 272 Å². The Morgan fingerprint density at radius 2 is 0.603 bits per heavy atom. The molecule has 0 aromatic heterocycles. The number of rotatable bonds is 2. The second-order valence-electron chi connectivity index (χ2n) is 18.1. The lowest BCUT2D eigenvalue weighted by molar-refractivity contribution is 1.55. The lowest BCUT2D eigenvalue weighted by Gasteiger charge is -2.16. The summed E-state index contributed by atoms with van der Waals surface area (Å²) in [6.07, 6.45) is 0. The summed E-state index contributed by atoms with van der Waals surface area (Å²) in [7, 11) is -3.32. The summed E-state index contributed by atoms with van der Waals surface area (Å²) in [4.78, 5) is 0. The molecule has 0 saturated carbocycles. The van der Waals surface area contributed by atoms with Crippen LogP contribution in [0, 0.1) is 50.2 Å². The van der Waals surface area contributed by atoms with Gasteiger partial charge >= 0.3 is 0 Å². The molecule has 0 saturated heterocycles. The van der Waals surface area contributed by atoms with Crippen molar-refractivity contribution in [2.45, 2.75) is 39.3 Å². The molecular weight excluding hydrogens is 904 g/mol. The molecule has 0 amide bonds. The van der Waals surface area contributed by atoms with Crippen LogP contribution in [0.4, 0.5) is 0 Å². The zero-order chi connectivity index (χ0) is 43.7. The summed E-state index contributed by atoms with van der Waals surface area (Å²) in [6.45, 7) is 13.8. The summed E-state index contributed by atoms with van der Waals surface area (Å²) in [5.41, 5.74) is 17.7. The van der Waals surface area contributed by atoms with Gasteiger partial charge in [-0.05, 0) is 108 Å². The van der Waals surface area contributed by atoms with E-state index in [9.17, 15) is 0 Å². The molecule has 0 nitrogen and oxygen atoms in total. The third-order valence-corrected chi connectivity index (χ3v) is 13.3. The topological polar surface area (TPSA) is 0 Å². The van der Waals surface area contributed by atoms with E-state index in [1.807, 2.05) is 0 Å². The second-order valence-corrected chi connectivity index (χ2v) is 28.8. The van der Waals surface area contributed by atoms with E-state index in [-0.39, 0.29) is 0 Å². The van der Waals surface area contributed by atoms with Gasteiger partial charge in [0.1, 0.15) is 16.1 Å². The normalized spacial score (nSPS) is 11.2. The number of hydrogen-bond acceptors (Lipinski definition) is 0. The minimum absolute atomic E-state index is 0.915. The summed E-state index contributed by atoms with van der Waals surface area (Å²) < 4.78 is 1.08. The Hall–Kier alpha value is -6.58. The van der Waals surface area contributed by atoms with Crippen LogP contribution in [0.3, 0.4) is 0 Å². The maximum Gasteiger partial charge on any atom is 0.129 e. The monoisotopic (exact) mass is 948 g/mol. The van der Waals surface area contributed by atoms with E-state index in [0.717, 1.165) is 70.0 Å². The second kappa shape index (κ2) is 17.3. The first-order valence-electron chi connectivity index (χ1n) is 21.4. The van der Waals surface area contributed by atoms with Crippen LogP contribution in [0.5, 0.6) is 0 Å². The Morgan fingerprint density at radius 1 is 0.317 bits per heavy atom. The first kappa shape index (κ1) is 41.8. The highest BCUT2D eigenvalue weighted by Crippen LogP contribution is 2.40. The molecule has 0 bridgehead atoms. The summed E-state index contributed by atoms with van der Waals surface area (Å²) in [5.74, 6) is 21.8. The Bertz CT molecular complexity index is 3330. The van der Waals surface area contributed by atoms with Gasteiger partial charge in [0.05, 0.1) is 0 Å². The molecule has 0 aliphatic rings. The van der Waals surface area contributed by atoms with Crippen molar-refractivity contribution in [2.75, 3.05) is 0 Å². The van der Waals surface area contributed by atoms with Crippen LogP contribution in [0.2, 0.25) is 39.3 Å². The Labute approximate surface area is 388 Å². The van der Waals surface area contributed by atoms with Crippen LogP contribution < -0.4 is 0 Å². The quantitative estimate of drug-likeness (QED) is 0.0920. The molecule has 0 fully saturated rings.